The van der Waals surface area contributed by atoms with Gasteiger partial charge in [0.2, 0.25) is 5.09 Å². The van der Waals surface area contributed by atoms with Gasteiger partial charge < -0.3 is 19.6 Å². The normalized spacial score (nSPS) is 11.5. The van der Waals surface area contributed by atoms with Gasteiger partial charge in [0.15, 0.2) is 5.76 Å². The van der Waals surface area contributed by atoms with E-state index in [0.717, 1.165) is 4.31 Å². The molecule has 9 nitrogen and oxygen atoms in total. The number of hydrogen-bond acceptors (Lipinski definition) is 6. The molecule has 0 spiro atoms. The lowest BCUT2D eigenvalue weighted by atomic mass is 10.1. The summed E-state index contributed by atoms with van der Waals surface area (Å²) in [6.45, 7) is 0.163. The number of carbonyl (C=O) groups is 2. The molecule has 2 N–H and O–H groups in total. The van der Waals surface area contributed by atoms with Crippen LogP contribution >= 0.6 is 0 Å². The Morgan fingerprint density at radius 1 is 1.23 bits per heavy atom. The molecule has 1 heterocycles. The first-order valence-corrected chi connectivity index (χ1v) is 8.79. The zero-order valence-electron chi connectivity index (χ0n) is 14.3. The van der Waals surface area contributed by atoms with Gasteiger partial charge in [0.1, 0.15) is 0 Å². The Morgan fingerprint density at radius 3 is 2.50 bits per heavy atom. The highest BCUT2D eigenvalue weighted by molar-refractivity contribution is 7.88. The summed E-state index contributed by atoms with van der Waals surface area (Å²) in [6.07, 6.45) is 0. The fourth-order valence-corrected chi connectivity index (χ4v) is 2.89. The van der Waals surface area contributed by atoms with Gasteiger partial charge in [-0.3, -0.25) is 4.79 Å². The summed E-state index contributed by atoms with van der Waals surface area (Å²) in [5, 5.41) is 11.3. The molecule has 0 aliphatic carbocycles. The van der Waals surface area contributed by atoms with E-state index in [4.69, 9.17) is 14.3 Å². The van der Waals surface area contributed by atoms with E-state index < -0.39 is 21.9 Å². The van der Waals surface area contributed by atoms with Crippen LogP contribution in [0.15, 0.2) is 39.8 Å². The molecule has 1 amide bonds. The third-order valence-corrected chi connectivity index (χ3v) is 5.04. The number of nitrogens with one attached hydrogen (secondary N) is 1. The van der Waals surface area contributed by atoms with Crippen molar-refractivity contribution >= 4 is 27.6 Å². The number of amides is 1. The summed E-state index contributed by atoms with van der Waals surface area (Å²) < 4.78 is 35.0. The van der Waals surface area contributed by atoms with E-state index in [9.17, 15) is 18.0 Å². The third kappa shape index (κ3) is 4.28. The van der Waals surface area contributed by atoms with Gasteiger partial charge in [0, 0.05) is 26.9 Å². The molecule has 0 aliphatic heterocycles. The van der Waals surface area contributed by atoms with E-state index >= 15 is 0 Å². The number of furan rings is 1. The minimum atomic E-state index is -3.80. The first-order valence-electron chi connectivity index (χ1n) is 7.35. The fraction of sp³-hybridized carbons (Fsp3) is 0.250. The van der Waals surface area contributed by atoms with Gasteiger partial charge in [0.25, 0.3) is 15.9 Å². The average Bonchev–Trinajstić information content (AvgIpc) is 3.05. The van der Waals surface area contributed by atoms with E-state index in [0.29, 0.717) is 5.56 Å². The van der Waals surface area contributed by atoms with Crippen LogP contribution in [0.1, 0.15) is 26.5 Å². The van der Waals surface area contributed by atoms with Crippen LogP contribution in [0.3, 0.4) is 0 Å². The molecule has 10 heteroatoms. The quantitative estimate of drug-likeness (QED) is 0.745. The number of carboxylic acid groups (broad SMARTS) is 1. The van der Waals surface area contributed by atoms with Crippen molar-refractivity contribution < 1.29 is 32.3 Å². The van der Waals surface area contributed by atoms with Crippen LogP contribution in [-0.2, 0) is 21.4 Å². The molecule has 0 radical (unpaired) electrons. The molecule has 0 unspecified atom stereocenters. The smallest absolute Gasteiger partial charge is 0.335 e. The number of anilines is 1. The molecule has 0 saturated carbocycles. The third-order valence-electron chi connectivity index (χ3n) is 3.35. The Hall–Kier alpha value is -2.69. The van der Waals surface area contributed by atoms with E-state index in [1.54, 1.807) is 6.07 Å². The maximum absolute atomic E-state index is 12.3. The fourth-order valence-electron chi connectivity index (χ4n) is 2.09. The van der Waals surface area contributed by atoms with Gasteiger partial charge in [-0.05, 0) is 35.9 Å². The minimum absolute atomic E-state index is 0.0230. The highest BCUT2D eigenvalue weighted by atomic mass is 32.2. The van der Waals surface area contributed by atoms with Crippen LogP contribution in [-0.4, -0.2) is 50.9 Å². The van der Waals surface area contributed by atoms with Crippen LogP contribution in [0.4, 0.5) is 5.69 Å². The number of hydrogen-bond donors (Lipinski definition) is 2. The number of carboxylic acids is 1. The van der Waals surface area contributed by atoms with Crippen LogP contribution in [0, 0.1) is 0 Å². The second-order valence-corrected chi connectivity index (χ2v) is 7.60. The van der Waals surface area contributed by atoms with E-state index in [2.05, 4.69) is 5.32 Å². The predicted octanol–water partition coefficient (Wildman–Crippen LogP) is 1.63. The standard InChI is InChI=1S/C16H18N2O7S/c1-18(2)26(22,23)14-5-4-13(25-14)15(19)17-12-7-10(9-24-3)6-11(8-12)16(20)21/h4-8H,9H2,1-3H3,(H,17,19)(H,20,21). The number of rotatable bonds is 7. The number of carbonyl (C=O) groups excluding carboxylic acids is 1. The number of aromatic carboxylic acids is 1. The number of methoxy groups -OCH3 is 1. The van der Waals surface area contributed by atoms with Gasteiger partial charge in [-0.1, -0.05) is 0 Å². The molecule has 2 rings (SSSR count). The van der Waals surface area contributed by atoms with Crippen molar-refractivity contribution in [2.45, 2.75) is 11.7 Å². The molecule has 0 bridgehead atoms. The average molecular weight is 382 g/mol. The van der Waals surface area contributed by atoms with E-state index in [1.165, 1.54) is 45.5 Å². The Kier molecular flexibility index (Phi) is 5.80. The van der Waals surface area contributed by atoms with Crippen molar-refractivity contribution in [1.29, 1.82) is 0 Å². The second kappa shape index (κ2) is 7.68. The predicted molar refractivity (Wildman–Crippen MR) is 91.6 cm³/mol. The van der Waals surface area contributed by atoms with Crippen LogP contribution in [0.2, 0.25) is 0 Å². The van der Waals surface area contributed by atoms with Gasteiger partial charge in [-0.15, -0.1) is 0 Å². The summed E-state index contributed by atoms with van der Waals surface area (Å²) in [5.74, 6) is -2.09. The monoisotopic (exact) mass is 382 g/mol. The molecule has 0 atom stereocenters. The first-order chi connectivity index (χ1) is 12.1. The van der Waals surface area contributed by atoms with Gasteiger partial charge >= 0.3 is 5.97 Å². The van der Waals surface area contributed by atoms with Crippen LogP contribution in [0.25, 0.3) is 0 Å². The number of nitrogens with zero attached hydrogens (tertiary/aromatic N) is 1. The lowest BCUT2D eigenvalue weighted by molar-refractivity contribution is 0.0696. The second-order valence-electron chi connectivity index (χ2n) is 5.52. The summed E-state index contributed by atoms with van der Waals surface area (Å²) in [5.41, 5.74) is 0.749. The van der Waals surface area contributed by atoms with Gasteiger partial charge in [-0.25, -0.2) is 17.5 Å². The topological polar surface area (TPSA) is 126 Å². The molecular weight excluding hydrogens is 364 g/mol. The maximum Gasteiger partial charge on any atom is 0.335 e. The number of benzene rings is 1. The van der Waals surface area contributed by atoms with Crippen molar-refractivity contribution in [1.82, 2.24) is 4.31 Å². The highest BCUT2D eigenvalue weighted by Crippen LogP contribution is 2.20. The molecule has 0 saturated heterocycles. The van der Waals surface area contributed by atoms with Crippen molar-refractivity contribution in [2.75, 3.05) is 26.5 Å². The summed E-state index contributed by atoms with van der Waals surface area (Å²) in [6, 6.07) is 6.65. The molecule has 1 aromatic heterocycles. The Bertz CT molecular complexity index is 932. The first kappa shape index (κ1) is 19.6. The van der Waals surface area contributed by atoms with Crippen LogP contribution in [0.5, 0.6) is 0 Å². The maximum atomic E-state index is 12.3. The minimum Gasteiger partial charge on any atom is -0.478 e. The van der Waals surface area contributed by atoms with Crippen molar-refractivity contribution in [3.05, 3.63) is 47.2 Å². The molecule has 26 heavy (non-hydrogen) atoms. The lowest BCUT2D eigenvalue weighted by Crippen LogP contribution is -2.21. The largest absolute Gasteiger partial charge is 0.478 e. The summed E-state index contributed by atoms with van der Waals surface area (Å²) in [7, 11) is 0.337. The van der Waals surface area contributed by atoms with Crippen molar-refractivity contribution in [2.24, 2.45) is 0 Å². The molecule has 1 aromatic carbocycles. The van der Waals surface area contributed by atoms with Crippen LogP contribution < -0.4 is 5.32 Å². The number of ether oxygens (including phenoxy) is 1. The van der Waals surface area contributed by atoms with E-state index in [1.807, 2.05) is 0 Å². The zero-order valence-corrected chi connectivity index (χ0v) is 15.2. The van der Waals surface area contributed by atoms with Gasteiger partial charge in [0.05, 0.1) is 12.2 Å². The van der Waals surface area contributed by atoms with Crippen molar-refractivity contribution in [3.8, 4) is 0 Å². The molecule has 140 valence electrons. The Morgan fingerprint density at radius 2 is 1.92 bits per heavy atom. The molecule has 0 aliphatic rings. The Balaban J connectivity index is 2.28. The SMILES string of the molecule is COCc1cc(NC(=O)c2ccc(S(=O)(=O)N(C)C)o2)cc(C(=O)O)c1. The molecule has 2 aromatic rings. The Labute approximate surface area is 150 Å². The number of sulfonamides is 1. The van der Waals surface area contributed by atoms with E-state index in [-0.39, 0.29) is 28.7 Å². The zero-order chi connectivity index (χ0) is 19.5. The summed E-state index contributed by atoms with van der Waals surface area (Å²) >= 11 is 0. The lowest BCUT2D eigenvalue weighted by Gasteiger charge is -2.09. The summed E-state index contributed by atoms with van der Waals surface area (Å²) in [4.78, 5) is 23.5. The molecular formula is C16H18N2O7S. The highest BCUT2D eigenvalue weighted by Gasteiger charge is 2.23. The molecule has 0 fully saturated rings. The van der Waals surface area contributed by atoms with Gasteiger partial charge in [-0.2, -0.15) is 0 Å². The van der Waals surface area contributed by atoms with Crippen molar-refractivity contribution in [3.63, 3.8) is 0 Å².